The van der Waals surface area contributed by atoms with E-state index in [-0.39, 0.29) is 0 Å². The van der Waals surface area contributed by atoms with Crippen molar-refractivity contribution in [2.75, 3.05) is 18.8 Å². The van der Waals surface area contributed by atoms with Crippen LogP contribution in [0.4, 0.5) is 5.82 Å². The van der Waals surface area contributed by atoms with Crippen molar-refractivity contribution in [1.29, 1.82) is 0 Å². The number of aryl methyl sites for hydroxylation is 1. The first-order valence-electron chi connectivity index (χ1n) is 8.70. The number of aromatic nitrogens is 3. The molecule has 124 valence electrons. The Morgan fingerprint density at radius 3 is 2.83 bits per heavy atom. The lowest BCUT2D eigenvalue weighted by atomic mass is 9.96. The normalized spacial score (nSPS) is 18.1. The number of rotatable bonds is 3. The molecular weight excluding hydrogens is 298 g/mol. The molecule has 1 aliphatic heterocycles. The number of nitrogen functional groups attached to an aromatic ring is 1. The minimum atomic E-state index is 0.427. The summed E-state index contributed by atoms with van der Waals surface area (Å²) < 4.78 is 1.74. The van der Waals surface area contributed by atoms with Crippen LogP contribution >= 0.6 is 0 Å². The number of piperidine rings is 1. The molecule has 0 bridgehead atoms. The lowest BCUT2D eigenvalue weighted by Gasteiger charge is -2.22. The smallest absolute Gasteiger partial charge is 0.165 e. The van der Waals surface area contributed by atoms with Crippen LogP contribution in [0.15, 0.2) is 36.5 Å². The van der Waals surface area contributed by atoms with E-state index in [1.54, 1.807) is 4.52 Å². The Labute approximate surface area is 141 Å². The SMILES string of the molecule is CCc1ccc(-c2cnn3c(N)cc(C4CCCNC4)nc23)cc1. The van der Waals surface area contributed by atoms with Crippen molar-refractivity contribution in [1.82, 2.24) is 19.9 Å². The molecule has 0 radical (unpaired) electrons. The summed E-state index contributed by atoms with van der Waals surface area (Å²) in [5.41, 5.74) is 11.7. The molecule has 5 heteroatoms. The third-order valence-electron chi connectivity index (χ3n) is 4.91. The van der Waals surface area contributed by atoms with Crippen molar-refractivity contribution in [3.63, 3.8) is 0 Å². The third kappa shape index (κ3) is 2.65. The maximum Gasteiger partial charge on any atom is 0.165 e. The standard InChI is InChI=1S/C19H23N5/c1-2-13-5-7-14(8-6-13)16-12-22-24-18(20)10-17(23-19(16)24)15-4-3-9-21-11-15/h5-8,10,12,15,21H,2-4,9,11,20H2,1H3. The quantitative estimate of drug-likeness (QED) is 0.778. The molecule has 1 unspecified atom stereocenters. The first-order valence-corrected chi connectivity index (χ1v) is 8.70. The van der Waals surface area contributed by atoms with Crippen LogP contribution in [0.25, 0.3) is 16.8 Å². The Morgan fingerprint density at radius 2 is 2.12 bits per heavy atom. The first-order chi connectivity index (χ1) is 11.8. The van der Waals surface area contributed by atoms with Crippen molar-refractivity contribution < 1.29 is 0 Å². The summed E-state index contributed by atoms with van der Waals surface area (Å²) >= 11 is 0. The zero-order valence-electron chi connectivity index (χ0n) is 14.0. The molecule has 3 heterocycles. The van der Waals surface area contributed by atoms with Crippen LogP contribution in [0.3, 0.4) is 0 Å². The van der Waals surface area contributed by atoms with Gasteiger partial charge in [0.2, 0.25) is 0 Å². The Hall–Kier alpha value is -2.40. The summed E-state index contributed by atoms with van der Waals surface area (Å²) in [5.74, 6) is 1.08. The molecule has 1 fully saturated rings. The van der Waals surface area contributed by atoms with Gasteiger partial charge in [-0.05, 0) is 36.9 Å². The van der Waals surface area contributed by atoms with Crippen LogP contribution in [0.5, 0.6) is 0 Å². The topological polar surface area (TPSA) is 68.2 Å². The van der Waals surface area contributed by atoms with Crippen LogP contribution in [-0.4, -0.2) is 27.7 Å². The van der Waals surface area contributed by atoms with Crippen LogP contribution < -0.4 is 11.1 Å². The fourth-order valence-electron chi connectivity index (χ4n) is 3.44. The molecule has 4 rings (SSSR count). The number of anilines is 1. The van der Waals surface area contributed by atoms with Crippen LogP contribution in [0.1, 0.15) is 36.9 Å². The van der Waals surface area contributed by atoms with Crippen molar-refractivity contribution >= 4 is 11.5 Å². The summed E-state index contributed by atoms with van der Waals surface area (Å²) in [6, 6.07) is 10.6. The average Bonchev–Trinajstić information content (AvgIpc) is 3.07. The van der Waals surface area contributed by atoms with Gasteiger partial charge >= 0.3 is 0 Å². The minimum Gasteiger partial charge on any atom is -0.384 e. The lowest BCUT2D eigenvalue weighted by molar-refractivity contribution is 0.455. The Bertz CT molecular complexity index is 844. The number of fused-ring (bicyclic) bond motifs is 1. The summed E-state index contributed by atoms with van der Waals surface area (Å²) in [5, 5.41) is 7.89. The maximum absolute atomic E-state index is 6.24. The monoisotopic (exact) mass is 321 g/mol. The van der Waals surface area contributed by atoms with Gasteiger partial charge in [0.25, 0.3) is 0 Å². The van der Waals surface area contributed by atoms with Crippen LogP contribution in [0, 0.1) is 0 Å². The highest BCUT2D eigenvalue weighted by Crippen LogP contribution is 2.29. The van der Waals surface area contributed by atoms with E-state index in [0.29, 0.717) is 11.7 Å². The second-order valence-corrected chi connectivity index (χ2v) is 6.49. The van der Waals surface area contributed by atoms with Crippen molar-refractivity contribution in [3.8, 4) is 11.1 Å². The predicted molar refractivity (Wildman–Crippen MR) is 97.1 cm³/mol. The molecule has 1 aromatic carbocycles. The van der Waals surface area contributed by atoms with Crippen LogP contribution in [-0.2, 0) is 6.42 Å². The summed E-state index contributed by atoms with van der Waals surface area (Å²) in [6.07, 6.45) is 5.24. The minimum absolute atomic E-state index is 0.427. The van der Waals surface area contributed by atoms with Gasteiger partial charge in [-0.3, -0.25) is 0 Å². The highest BCUT2D eigenvalue weighted by Gasteiger charge is 2.19. The van der Waals surface area contributed by atoms with E-state index in [9.17, 15) is 0 Å². The lowest BCUT2D eigenvalue weighted by Crippen LogP contribution is -2.29. The number of nitrogens with zero attached hydrogens (tertiary/aromatic N) is 3. The van der Waals surface area contributed by atoms with Gasteiger partial charge in [0, 0.05) is 24.1 Å². The van der Waals surface area contributed by atoms with Crippen molar-refractivity contribution in [2.24, 2.45) is 0 Å². The van der Waals surface area contributed by atoms with E-state index >= 15 is 0 Å². The molecule has 3 N–H and O–H groups in total. The van der Waals surface area contributed by atoms with Gasteiger partial charge in [0.1, 0.15) is 5.82 Å². The second kappa shape index (κ2) is 6.24. The Morgan fingerprint density at radius 1 is 1.29 bits per heavy atom. The molecule has 0 amide bonds. The van der Waals surface area contributed by atoms with Gasteiger partial charge in [-0.15, -0.1) is 0 Å². The molecule has 1 saturated heterocycles. The van der Waals surface area contributed by atoms with Crippen molar-refractivity contribution in [2.45, 2.75) is 32.1 Å². The number of hydrogen-bond donors (Lipinski definition) is 2. The molecule has 0 aliphatic carbocycles. The number of nitrogens with two attached hydrogens (primary N) is 1. The van der Waals surface area contributed by atoms with E-state index < -0.39 is 0 Å². The molecule has 2 aromatic heterocycles. The third-order valence-corrected chi connectivity index (χ3v) is 4.91. The van der Waals surface area contributed by atoms with E-state index in [4.69, 9.17) is 10.7 Å². The molecule has 5 nitrogen and oxygen atoms in total. The summed E-state index contributed by atoms with van der Waals surface area (Å²) in [6.45, 7) is 4.23. The molecular formula is C19H23N5. The number of benzene rings is 1. The molecule has 0 saturated carbocycles. The number of nitrogens with one attached hydrogen (secondary N) is 1. The molecule has 0 spiro atoms. The summed E-state index contributed by atoms with van der Waals surface area (Å²) in [7, 11) is 0. The van der Waals surface area contributed by atoms with Gasteiger partial charge in [0.05, 0.1) is 11.9 Å². The van der Waals surface area contributed by atoms with Gasteiger partial charge in [0.15, 0.2) is 5.65 Å². The van der Waals surface area contributed by atoms with E-state index in [1.807, 2.05) is 12.3 Å². The van der Waals surface area contributed by atoms with Gasteiger partial charge < -0.3 is 11.1 Å². The van der Waals surface area contributed by atoms with Gasteiger partial charge in [-0.1, -0.05) is 31.2 Å². The predicted octanol–water partition coefficient (Wildman–Crippen LogP) is 3.01. The molecule has 1 atom stereocenters. The Kier molecular flexibility index (Phi) is 3.94. The van der Waals surface area contributed by atoms with E-state index in [0.717, 1.165) is 48.4 Å². The van der Waals surface area contributed by atoms with Crippen LogP contribution in [0.2, 0.25) is 0 Å². The maximum atomic E-state index is 6.24. The zero-order chi connectivity index (χ0) is 16.5. The Balaban J connectivity index is 1.79. The van der Waals surface area contributed by atoms with Gasteiger partial charge in [-0.2, -0.15) is 9.61 Å². The zero-order valence-corrected chi connectivity index (χ0v) is 14.0. The fourth-order valence-corrected chi connectivity index (χ4v) is 3.44. The van der Waals surface area contributed by atoms with Crippen molar-refractivity contribution in [3.05, 3.63) is 47.8 Å². The average molecular weight is 321 g/mol. The highest BCUT2D eigenvalue weighted by molar-refractivity contribution is 5.78. The highest BCUT2D eigenvalue weighted by atomic mass is 15.3. The van der Waals surface area contributed by atoms with E-state index in [1.165, 1.54) is 12.0 Å². The first kappa shape index (κ1) is 15.1. The second-order valence-electron chi connectivity index (χ2n) is 6.49. The molecule has 24 heavy (non-hydrogen) atoms. The van der Waals surface area contributed by atoms with Gasteiger partial charge in [-0.25, -0.2) is 4.98 Å². The summed E-state index contributed by atoms with van der Waals surface area (Å²) in [4.78, 5) is 4.92. The largest absolute Gasteiger partial charge is 0.384 e. The molecule has 3 aromatic rings. The fraction of sp³-hybridized carbons (Fsp3) is 0.368. The van der Waals surface area contributed by atoms with E-state index in [2.05, 4.69) is 41.6 Å². The number of hydrogen-bond acceptors (Lipinski definition) is 4. The molecule has 1 aliphatic rings.